The molecule has 0 radical (unpaired) electrons. The van der Waals surface area contributed by atoms with Crippen LogP contribution in [0.1, 0.15) is 5.56 Å². The molecule has 0 aliphatic carbocycles. The molecule has 64 valence electrons. The molecule has 0 atom stereocenters. The van der Waals surface area contributed by atoms with Gasteiger partial charge in [0.2, 0.25) is 0 Å². The second-order valence-corrected chi connectivity index (χ2v) is 3.56. The molecular weight excluding hydrogens is 241 g/mol. The van der Waals surface area contributed by atoms with Gasteiger partial charge < -0.3 is 5.32 Å². The summed E-state index contributed by atoms with van der Waals surface area (Å²) in [6, 6.07) is 5.47. The number of hydrogen-bond acceptors (Lipinski definition) is 1. The van der Waals surface area contributed by atoms with Gasteiger partial charge >= 0.3 is 5.37 Å². The van der Waals surface area contributed by atoms with E-state index in [1.54, 1.807) is 6.07 Å². The molecule has 1 amide bonds. The second-order valence-electron chi connectivity index (χ2n) is 2.36. The molecule has 0 bridgehead atoms. The van der Waals surface area contributed by atoms with E-state index in [2.05, 4.69) is 21.2 Å². The average Bonchev–Trinajstić information content (AvgIpc) is 1.96. The molecular formula is C8H7BrClNO. The van der Waals surface area contributed by atoms with Crippen molar-refractivity contribution in [3.05, 3.63) is 28.2 Å². The van der Waals surface area contributed by atoms with Gasteiger partial charge in [0, 0.05) is 10.2 Å². The maximum Gasteiger partial charge on any atom is 0.318 e. The Kier molecular flexibility index (Phi) is 3.12. The molecule has 0 aliphatic heterocycles. The third kappa shape index (κ3) is 2.50. The first-order valence-electron chi connectivity index (χ1n) is 3.32. The lowest BCUT2D eigenvalue weighted by atomic mass is 10.2. The van der Waals surface area contributed by atoms with E-state index in [0.717, 1.165) is 10.0 Å². The molecule has 1 aromatic carbocycles. The van der Waals surface area contributed by atoms with E-state index in [9.17, 15) is 4.79 Å². The summed E-state index contributed by atoms with van der Waals surface area (Å²) in [5.41, 5.74) is 1.76. The molecule has 1 aromatic rings. The van der Waals surface area contributed by atoms with Gasteiger partial charge in [-0.2, -0.15) is 0 Å². The van der Waals surface area contributed by atoms with Gasteiger partial charge in [0.1, 0.15) is 0 Å². The minimum atomic E-state index is -0.572. The van der Waals surface area contributed by atoms with Crippen molar-refractivity contribution in [3.63, 3.8) is 0 Å². The van der Waals surface area contributed by atoms with Crippen molar-refractivity contribution >= 4 is 38.6 Å². The normalized spacial score (nSPS) is 9.58. The van der Waals surface area contributed by atoms with E-state index in [1.807, 2.05) is 19.1 Å². The van der Waals surface area contributed by atoms with Crippen LogP contribution in [0.4, 0.5) is 10.5 Å². The summed E-state index contributed by atoms with van der Waals surface area (Å²) in [6.45, 7) is 1.94. The van der Waals surface area contributed by atoms with Crippen LogP contribution in [0.25, 0.3) is 0 Å². The third-order valence-electron chi connectivity index (χ3n) is 1.40. The zero-order valence-corrected chi connectivity index (χ0v) is 8.74. The molecule has 0 saturated heterocycles. The summed E-state index contributed by atoms with van der Waals surface area (Å²) in [4.78, 5) is 10.5. The molecule has 0 aliphatic rings. The lowest BCUT2D eigenvalue weighted by Gasteiger charge is -2.02. The van der Waals surface area contributed by atoms with Gasteiger partial charge in [-0.15, -0.1) is 0 Å². The highest BCUT2D eigenvalue weighted by atomic mass is 79.9. The van der Waals surface area contributed by atoms with Crippen LogP contribution in [0.3, 0.4) is 0 Å². The highest BCUT2D eigenvalue weighted by Gasteiger charge is 1.99. The number of hydrogen-bond donors (Lipinski definition) is 1. The van der Waals surface area contributed by atoms with Gasteiger partial charge in [-0.25, -0.2) is 0 Å². The number of carbonyl (C=O) groups is 1. The van der Waals surface area contributed by atoms with E-state index >= 15 is 0 Å². The molecule has 0 spiro atoms. The highest BCUT2D eigenvalue weighted by Crippen LogP contribution is 2.20. The zero-order valence-electron chi connectivity index (χ0n) is 6.40. The second kappa shape index (κ2) is 3.92. The summed E-state index contributed by atoms with van der Waals surface area (Å²) in [5.74, 6) is 0. The maximum atomic E-state index is 10.5. The molecule has 1 N–H and O–H groups in total. The van der Waals surface area contributed by atoms with Crippen LogP contribution in [0.15, 0.2) is 22.7 Å². The molecule has 12 heavy (non-hydrogen) atoms. The quantitative estimate of drug-likeness (QED) is 0.598. The maximum absolute atomic E-state index is 10.5. The Labute approximate surface area is 84.0 Å². The summed E-state index contributed by atoms with van der Waals surface area (Å²) < 4.78 is 1.01. The molecule has 1 rings (SSSR count). The van der Waals surface area contributed by atoms with Crippen LogP contribution >= 0.6 is 27.5 Å². The van der Waals surface area contributed by atoms with Gasteiger partial charge in [0.15, 0.2) is 0 Å². The van der Waals surface area contributed by atoms with Gasteiger partial charge in [-0.05, 0) is 42.3 Å². The molecule has 2 nitrogen and oxygen atoms in total. The zero-order chi connectivity index (χ0) is 9.14. The van der Waals surface area contributed by atoms with E-state index in [-0.39, 0.29) is 0 Å². The number of aryl methyl sites for hydroxylation is 1. The number of nitrogens with one attached hydrogen (secondary N) is 1. The Morgan fingerprint density at radius 3 is 2.75 bits per heavy atom. The smallest absolute Gasteiger partial charge is 0.312 e. The summed E-state index contributed by atoms with van der Waals surface area (Å²) in [6.07, 6.45) is 0. The predicted octanol–water partition coefficient (Wildman–Crippen LogP) is 3.53. The fraction of sp³-hybridized carbons (Fsp3) is 0.125. The van der Waals surface area contributed by atoms with Crippen LogP contribution in [0, 0.1) is 6.92 Å². The average molecular weight is 249 g/mol. The Balaban J connectivity index is 2.89. The SMILES string of the molecule is Cc1cc(NC(=O)Cl)ccc1Br. The van der Waals surface area contributed by atoms with Crippen LogP contribution in [0.5, 0.6) is 0 Å². The number of anilines is 1. The summed E-state index contributed by atoms with van der Waals surface area (Å²) >= 11 is 8.49. The predicted molar refractivity (Wildman–Crippen MR) is 53.8 cm³/mol. The lowest BCUT2D eigenvalue weighted by Crippen LogP contribution is -2.00. The van der Waals surface area contributed by atoms with Crippen LogP contribution in [-0.4, -0.2) is 5.37 Å². The molecule has 4 heteroatoms. The number of halogens is 2. The van der Waals surface area contributed by atoms with Crippen molar-refractivity contribution in [2.45, 2.75) is 6.92 Å². The minimum absolute atomic E-state index is 0.572. The molecule has 0 aromatic heterocycles. The van der Waals surface area contributed by atoms with Crippen LogP contribution in [0.2, 0.25) is 0 Å². The summed E-state index contributed by atoms with van der Waals surface area (Å²) in [5, 5.41) is 1.91. The van der Waals surface area contributed by atoms with Crippen molar-refractivity contribution in [1.82, 2.24) is 0 Å². The minimum Gasteiger partial charge on any atom is -0.312 e. The van der Waals surface area contributed by atoms with Crippen molar-refractivity contribution in [2.24, 2.45) is 0 Å². The van der Waals surface area contributed by atoms with Gasteiger partial charge in [-0.3, -0.25) is 4.79 Å². The molecule has 0 saturated carbocycles. The highest BCUT2D eigenvalue weighted by molar-refractivity contribution is 9.10. The van der Waals surface area contributed by atoms with E-state index in [1.165, 1.54) is 0 Å². The first-order valence-corrected chi connectivity index (χ1v) is 4.49. The van der Waals surface area contributed by atoms with E-state index in [4.69, 9.17) is 11.6 Å². The van der Waals surface area contributed by atoms with Gasteiger partial charge in [-0.1, -0.05) is 15.9 Å². The fourth-order valence-electron chi connectivity index (χ4n) is 0.836. The number of amides is 1. The van der Waals surface area contributed by atoms with Crippen LogP contribution < -0.4 is 5.32 Å². The lowest BCUT2D eigenvalue weighted by molar-refractivity contribution is 0.269. The standard InChI is InChI=1S/C8H7BrClNO/c1-5-4-6(11-8(10)12)2-3-7(5)9/h2-4H,1H3,(H,11,12). The Hall–Kier alpha value is -0.540. The molecule has 0 unspecified atom stereocenters. The van der Waals surface area contributed by atoms with Crippen LogP contribution in [-0.2, 0) is 0 Å². The summed E-state index contributed by atoms with van der Waals surface area (Å²) in [7, 11) is 0. The van der Waals surface area contributed by atoms with E-state index in [0.29, 0.717) is 5.69 Å². The van der Waals surface area contributed by atoms with Crippen molar-refractivity contribution in [3.8, 4) is 0 Å². The van der Waals surface area contributed by atoms with Crippen molar-refractivity contribution in [1.29, 1.82) is 0 Å². The first kappa shape index (κ1) is 9.55. The number of benzene rings is 1. The molecule has 0 heterocycles. The Morgan fingerprint density at radius 1 is 1.58 bits per heavy atom. The Morgan fingerprint density at radius 2 is 2.25 bits per heavy atom. The molecule has 0 fully saturated rings. The van der Waals surface area contributed by atoms with Gasteiger partial charge in [0.25, 0.3) is 0 Å². The number of carbonyl (C=O) groups excluding carboxylic acids is 1. The monoisotopic (exact) mass is 247 g/mol. The number of rotatable bonds is 1. The van der Waals surface area contributed by atoms with Crippen molar-refractivity contribution < 1.29 is 4.79 Å². The first-order chi connectivity index (χ1) is 5.59. The Bertz CT molecular complexity index is 314. The fourth-order valence-corrected chi connectivity index (χ4v) is 1.19. The van der Waals surface area contributed by atoms with E-state index < -0.39 is 5.37 Å². The third-order valence-corrected chi connectivity index (χ3v) is 2.38. The van der Waals surface area contributed by atoms with Gasteiger partial charge in [0.05, 0.1) is 0 Å². The topological polar surface area (TPSA) is 29.1 Å². The largest absolute Gasteiger partial charge is 0.318 e. The van der Waals surface area contributed by atoms with Crippen molar-refractivity contribution in [2.75, 3.05) is 5.32 Å².